The number of carbonyl (C=O) groups is 1. The van der Waals surface area contributed by atoms with E-state index in [0.29, 0.717) is 12.0 Å². The molecule has 2 rings (SSSR count). The first-order chi connectivity index (χ1) is 11.7. The summed E-state index contributed by atoms with van der Waals surface area (Å²) < 4.78 is 0. The second-order valence-corrected chi connectivity index (χ2v) is 6.39. The summed E-state index contributed by atoms with van der Waals surface area (Å²) in [5.74, 6) is 0.779. The maximum absolute atomic E-state index is 12.5. The molecule has 1 atom stereocenters. The summed E-state index contributed by atoms with van der Waals surface area (Å²) in [5.41, 5.74) is 2.29. The van der Waals surface area contributed by atoms with Crippen LogP contribution in [-0.2, 0) is 11.2 Å². The van der Waals surface area contributed by atoms with Gasteiger partial charge in [-0.15, -0.1) is 24.0 Å². The van der Waals surface area contributed by atoms with Crippen molar-refractivity contribution in [1.29, 1.82) is 0 Å². The Labute approximate surface area is 168 Å². The number of halogens is 1. The lowest BCUT2D eigenvalue weighted by Crippen LogP contribution is -2.46. The smallest absolute Gasteiger partial charge is 0.246 e. The number of unbranched alkanes of at least 4 members (excludes halogenated alkanes) is 2. The van der Waals surface area contributed by atoms with E-state index in [1.165, 1.54) is 24.8 Å². The van der Waals surface area contributed by atoms with E-state index in [0.717, 1.165) is 25.1 Å². The van der Waals surface area contributed by atoms with E-state index in [4.69, 9.17) is 0 Å². The third-order valence-electron chi connectivity index (χ3n) is 4.44. The molecule has 5 nitrogen and oxygen atoms in total. The fourth-order valence-corrected chi connectivity index (χ4v) is 3.05. The second kappa shape index (κ2) is 11.3. The maximum atomic E-state index is 12.5. The van der Waals surface area contributed by atoms with Crippen LogP contribution in [0.5, 0.6) is 0 Å². The number of carbonyl (C=O) groups excluding carboxylic acids is 1. The molecule has 0 spiro atoms. The second-order valence-electron chi connectivity index (χ2n) is 6.39. The van der Waals surface area contributed by atoms with Crippen molar-refractivity contribution in [3.05, 3.63) is 29.8 Å². The third-order valence-corrected chi connectivity index (χ3v) is 4.44. The van der Waals surface area contributed by atoms with Gasteiger partial charge in [0.25, 0.3) is 0 Å². The molecule has 25 heavy (non-hydrogen) atoms. The van der Waals surface area contributed by atoms with Crippen LogP contribution in [0.1, 0.15) is 45.1 Å². The topological polar surface area (TPSA) is 56.7 Å². The summed E-state index contributed by atoms with van der Waals surface area (Å²) >= 11 is 0. The number of hydrogen-bond donors (Lipinski definition) is 2. The summed E-state index contributed by atoms with van der Waals surface area (Å²) in [6.07, 6.45) is 5.74. The summed E-state index contributed by atoms with van der Waals surface area (Å²) in [4.78, 5) is 18.6. The number of fused-ring (bicyclic) bond motifs is 1. The van der Waals surface area contributed by atoms with Gasteiger partial charge in [0.05, 0.1) is 6.54 Å². The Kier molecular flexibility index (Phi) is 9.85. The van der Waals surface area contributed by atoms with Crippen LogP contribution in [0.3, 0.4) is 0 Å². The molecule has 0 bridgehead atoms. The number of aliphatic imine (C=N–C) groups is 1. The van der Waals surface area contributed by atoms with Crippen LogP contribution in [0.4, 0.5) is 5.69 Å². The quantitative estimate of drug-likeness (QED) is 0.285. The molecule has 140 valence electrons. The van der Waals surface area contributed by atoms with Crippen molar-refractivity contribution < 1.29 is 4.79 Å². The van der Waals surface area contributed by atoms with Crippen LogP contribution in [0.2, 0.25) is 0 Å². The van der Waals surface area contributed by atoms with Crippen LogP contribution < -0.4 is 15.5 Å². The number of benzene rings is 1. The maximum Gasteiger partial charge on any atom is 0.246 e. The van der Waals surface area contributed by atoms with Gasteiger partial charge in [-0.1, -0.05) is 44.4 Å². The number of hydrogen-bond acceptors (Lipinski definition) is 2. The molecule has 1 amide bonds. The number of guanidine groups is 1. The van der Waals surface area contributed by atoms with Crippen molar-refractivity contribution in [2.75, 3.05) is 25.0 Å². The Hall–Kier alpha value is -1.31. The number of para-hydroxylation sites is 1. The molecule has 1 aliphatic rings. The van der Waals surface area contributed by atoms with Gasteiger partial charge in [0, 0.05) is 25.3 Å². The molecule has 1 aromatic rings. The van der Waals surface area contributed by atoms with Crippen LogP contribution in [0.25, 0.3) is 0 Å². The molecule has 0 saturated carbocycles. The Balaban J connectivity index is 0.00000312. The largest absolute Gasteiger partial charge is 0.354 e. The van der Waals surface area contributed by atoms with Crippen molar-refractivity contribution in [2.24, 2.45) is 4.99 Å². The average Bonchev–Trinajstić information content (AvgIpc) is 3.02. The van der Waals surface area contributed by atoms with Crippen molar-refractivity contribution in [2.45, 2.75) is 52.0 Å². The molecule has 1 aromatic carbocycles. The first kappa shape index (κ1) is 21.7. The SMILES string of the molecule is CCCCCC(C)NC(=NC)NCC(=O)N1CCc2ccccc21.I. The molecule has 1 unspecified atom stereocenters. The molecule has 0 saturated heterocycles. The standard InChI is InChI=1S/C19H30N4O.HI/c1-4-5-6-9-15(2)22-19(20-3)21-14-18(24)23-13-12-16-10-7-8-11-17(16)23;/h7-8,10-11,15H,4-6,9,12-14H2,1-3H3,(H2,20,21,22);1H. The zero-order chi connectivity index (χ0) is 17.4. The fraction of sp³-hybridized carbons (Fsp3) is 0.579. The zero-order valence-electron chi connectivity index (χ0n) is 15.5. The number of nitrogens with one attached hydrogen (secondary N) is 2. The highest BCUT2D eigenvalue weighted by Crippen LogP contribution is 2.27. The normalized spacial score (nSPS) is 14.5. The number of rotatable bonds is 7. The molecule has 0 radical (unpaired) electrons. The van der Waals surface area contributed by atoms with E-state index < -0.39 is 0 Å². The third kappa shape index (κ3) is 6.49. The predicted octanol–water partition coefficient (Wildman–Crippen LogP) is 3.33. The van der Waals surface area contributed by atoms with Gasteiger partial charge < -0.3 is 15.5 Å². The monoisotopic (exact) mass is 458 g/mol. The van der Waals surface area contributed by atoms with Gasteiger partial charge in [-0.05, 0) is 31.4 Å². The highest BCUT2D eigenvalue weighted by molar-refractivity contribution is 14.0. The zero-order valence-corrected chi connectivity index (χ0v) is 17.9. The van der Waals surface area contributed by atoms with E-state index in [2.05, 4.69) is 35.5 Å². The summed E-state index contributed by atoms with van der Waals surface area (Å²) in [7, 11) is 1.74. The Morgan fingerprint density at radius 1 is 1.32 bits per heavy atom. The predicted molar refractivity (Wildman–Crippen MR) is 116 cm³/mol. The van der Waals surface area contributed by atoms with E-state index in [1.54, 1.807) is 7.05 Å². The molecule has 1 heterocycles. The molecule has 2 N–H and O–H groups in total. The lowest BCUT2D eigenvalue weighted by molar-refractivity contribution is -0.117. The highest BCUT2D eigenvalue weighted by atomic mass is 127. The minimum atomic E-state index is 0. The minimum absolute atomic E-state index is 0. The fourth-order valence-electron chi connectivity index (χ4n) is 3.05. The van der Waals surface area contributed by atoms with Gasteiger partial charge in [0.1, 0.15) is 0 Å². The molecule has 0 aromatic heterocycles. The molecule has 1 aliphatic heterocycles. The number of amides is 1. The first-order valence-electron chi connectivity index (χ1n) is 9.01. The van der Waals surface area contributed by atoms with Gasteiger partial charge >= 0.3 is 0 Å². The van der Waals surface area contributed by atoms with E-state index in [9.17, 15) is 4.79 Å². The van der Waals surface area contributed by atoms with Gasteiger partial charge in [-0.3, -0.25) is 9.79 Å². The van der Waals surface area contributed by atoms with E-state index in [-0.39, 0.29) is 36.4 Å². The lowest BCUT2D eigenvalue weighted by atomic mass is 10.1. The van der Waals surface area contributed by atoms with Gasteiger partial charge in [0.2, 0.25) is 5.91 Å². The van der Waals surface area contributed by atoms with E-state index in [1.807, 2.05) is 23.1 Å². The van der Waals surface area contributed by atoms with Gasteiger partial charge in [-0.2, -0.15) is 0 Å². The summed E-state index contributed by atoms with van der Waals surface area (Å²) in [5, 5.41) is 6.50. The average molecular weight is 458 g/mol. The minimum Gasteiger partial charge on any atom is -0.354 e. The Morgan fingerprint density at radius 3 is 2.80 bits per heavy atom. The van der Waals surface area contributed by atoms with Crippen molar-refractivity contribution in [3.8, 4) is 0 Å². The molecule has 6 heteroatoms. The Morgan fingerprint density at radius 2 is 2.08 bits per heavy atom. The van der Waals surface area contributed by atoms with Crippen LogP contribution in [-0.4, -0.2) is 38.0 Å². The van der Waals surface area contributed by atoms with Crippen molar-refractivity contribution >= 4 is 41.5 Å². The van der Waals surface area contributed by atoms with E-state index >= 15 is 0 Å². The molecule has 0 aliphatic carbocycles. The highest BCUT2D eigenvalue weighted by Gasteiger charge is 2.23. The van der Waals surface area contributed by atoms with Crippen LogP contribution in [0.15, 0.2) is 29.3 Å². The summed E-state index contributed by atoms with van der Waals surface area (Å²) in [6, 6.07) is 8.47. The van der Waals surface area contributed by atoms with Crippen LogP contribution >= 0.6 is 24.0 Å². The number of nitrogens with zero attached hydrogens (tertiary/aromatic N) is 2. The van der Waals surface area contributed by atoms with Crippen molar-refractivity contribution in [1.82, 2.24) is 10.6 Å². The van der Waals surface area contributed by atoms with Gasteiger partial charge in [-0.25, -0.2) is 0 Å². The molecular weight excluding hydrogens is 427 g/mol. The molecular formula is C19H31IN4O. The number of anilines is 1. The van der Waals surface area contributed by atoms with Crippen LogP contribution in [0, 0.1) is 0 Å². The summed E-state index contributed by atoms with van der Waals surface area (Å²) in [6.45, 7) is 5.39. The van der Waals surface area contributed by atoms with Gasteiger partial charge in [0.15, 0.2) is 5.96 Å². The Bertz CT molecular complexity index is 576. The van der Waals surface area contributed by atoms with Crippen molar-refractivity contribution in [3.63, 3.8) is 0 Å². The lowest BCUT2D eigenvalue weighted by Gasteiger charge is -2.20. The first-order valence-corrected chi connectivity index (χ1v) is 9.01. The molecule has 0 fully saturated rings.